The van der Waals surface area contributed by atoms with Gasteiger partial charge in [-0.25, -0.2) is 0 Å². The van der Waals surface area contributed by atoms with Crippen molar-refractivity contribution in [2.45, 2.75) is 51.5 Å². The fourth-order valence-corrected chi connectivity index (χ4v) is 4.79. The zero-order valence-electron chi connectivity index (χ0n) is 22.1. The van der Waals surface area contributed by atoms with Gasteiger partial charge in [-0.05, 0) is 72.9 Å². The van der Waals surface area contributed by atoms with Crippen molar-refractivity contribution in [1.29, 1.82) is 0 Å². The van der Waals surface area contributed by atoms with E-state index in [0.29, 0.717) is 12.8 Å². The Morgan fingerprint density at radius 1 is 0.769 bits per heavy atom. The number of aliphatic carboxylic acids is 2. The number of carboxylic acids is 2. The fourth-order valence-electron chi connectivity index (χ4n) is 4.79. The van der Waals surface area contributed by atoms with Crippen LogP contribution in [0.15, 0.2) is 79.0 Å². The van der Waals surface area contributed by atoms with E-state index in [0.717, 1.165) is 65.6 Å². The molecule has 0 aliphatic heterocycles. The average molecular weight is 526 g/mol. The summed E-state index contributed by atoms with van der Waals surface area (Å²) in [6.45, 7) is 0.591. The van der Waals surface area contributed by atoms with E-state index in [1.54, 1.807) is 4.57 Å². The van der Waals surface area contributed by atoms with Gasteiger partial charge in [-0.3, -0.25) is 9.59 Å². The molecule has 2 N–H and O–H groups in total. The van der Waals surface area contributed by atoms with Gasteiger partial charge in [-0.2, -0.15) is 0 Å². The van der Waals surface area contributed by atoms with E-state index in [9.17, 15) is 14.7 Å². The molecule has 4 aromatic rings. The van der Waals surface area contributed by atoms with Crippen LogP contribution in [-0.2, 0) is 29.0 Å². The minimum absolute atomic E-state index is 0.0872. The van der Waals surface area contributed by atoms with E-state index in [2.05, 4.69) is 24.3 Å². The molecule has 0 saturated carbocycles. The summed E-state index contributed by atoms with van der Waals surface area (Å²) in [5, 5.41) is 19.4. The molecule has 0 spiro atoms. The van der Waals surface area contributed by atoms with Gasteiger partial charge in [0.05, 0.1) is 12.1 Å². The Hall–Kier alpha value is -4.32. The van der Waals surface area contributed by atoms with Gasteiger partial charge in [0, 0.05) is 18.0 Å². The number of hydrogen-bond acceptors (Lipinski definition) is 3. The van der Waals surface area contributed by atoms with E-state index in [4.69, 9.17) is 9.84 Å². The number of aromatic nitrogens is 1. The van der Waals surface area contributed by atoms with Gasteiger partial charge >= 0.3 is 11.9 Å². The summed E-state index contributed by atoms with van der Waals surface area (Å²) in [5.41, 5.74) is 5.14. The van der Waals surface area contributed by atoms with E-state index < -0.39 is 11.9 Å². The first-order valence-corrected chi connectivity index (χ1v) is 13.5. The zero-order valence-corrected chi connectivity index (χ0v) is 22.1. The zero-order chi connectivity index (χ0) is 27.5. The Morgan fingerprint density at radius 3 is 2.31 bits per heavy atom. The number of rotatable bonds is 15. The number of aryl methyl sites for hydroxylation is 2. The lowest BCUT2D eigenvalue weighted by atomic mass is 10.0. The summed E-state index contributed by atoms with van der Waals surface area (Å²) in [6, 6.07) is 24.4. The lowest BCUT2D eigenvalue weighted by molar-refractivity contribution is -0.138. The molecule has 202 valence electrons. The third-order valence-electron chi connectivity index (χ3n) is 6.71. The molecule has 0 unspecified atom stereocenters. The fraction of sp³-hybridized carbons (Fsp3) is 0.273. The highest BCUT2D eigenvalue weighted by Gasteiger charge is 2.13. The quantitative estimate of drug-likeness (QED) is 0.128. The predicted octanol–water partition coefficient (Wildman–Crippen LogP) is 7.10. The second-order valence-electron chi connectivity index (χ2n) is 9.71. The van der Waals surface area contributed by atoms with Crippen molar-refractivity contribution in [3.05, 3.63) is 101 Å². The molecule has 1 heterocycles. The van der Waals surface area contributed by atoms with Crippen LogP contribution in [0.5, 0.6) is 5.75 Å². The molecule has 0 fully saturated rings. The van der Waals surface area contributed by atoms with Crippen molar-refractivity contribution in [3.8, 4) is 5.75 Å². The number of unbranched alkanes of at least 4 members (excludes halogenated alkanes) is 2. The molecule has 3 aromatic carbocycles. The minimum Gasteiger partial charge on any atom is -0.494 e. The Labute approximate surface area is 229 Å². The lowest BCUT2D eigenvalue weighted by Gasteiger charge is -2.06. The molecule has 0 aliphatic rings. The molecule has 6 heteroatoms. The monoisotopic (exact) mass is 525 g/mol. The highest BCUT2D eigenvalue weighted by Crippen LogP contribution is 2.28. The number of ether oxygens (including phenoxy) is 1. The van der Waals surface area contributed by atoms with Gasteiger partial charge in [-0.1, -0.05) is 72.8 Å². The molecule has 0 radical (unpaired) electrons. The highest BCUT2D eigenvalue weighted by molar-refractivity contribution is 5.94. The van der Waals surface area contributed by atoms with Crippen LogP contribution >= 0.6 is 0 Å². The molecule has 4 rings (SSSR count). The Kier molecular flexibility index (Phi) is 9.95. The number of benzene rings is 3. The first-order valence-electron chi connectivity index (χ1n) is 13.5. The van der Waals surface area contributed by atoms with Gasteiger partial charge in [0.15, 0.2) is 0 Å². The molecule has 0 bridgehead atoms. The summed E-state index contributed by atoms with van der Waals surface area (Å²) in [7, 11) is 0. The maximum Gasteiger partial charge on any atom is 0.323 e. The third-order valence-corrected chi connectivity index (χ3v) is 6.71. The number of nitrogens with zero attached hydrogens (tertiary/aromatic N) is 1. The Morgan fingerprint density at radius 2 is 1.56 bits per heavy atom. The summed E-state index contributed by atoms with van der Waals surface area (Å²) in [4.78, 5) is 22.4. The van der Waals surface area contributed by atoms with Gasteiger partial charge < -0.3 is 19.5 Å². The van der Waals surface area contributed by atoms with Crippen molar-refractivity contribution < 1.29 is 24.5 Å². The second kappa shape index (κ2) is 14.0. The van der Waals surface area contributed by atoms with Crippen molar-refractivity contribution in [2.24, 2.45) is 0 Å². The van der Waals surface area contributed by atoms with Crippen LogP contribution in [0, 0.1) is 0 Å². The van der Waals surface area contributed by atoms with Crippen LogP contribution in [0.4, 0.5) is 0 Å². The third kappa shape index (κ3) is 8.34. The first kappa shape index (κ1) is 27.7. The summed E-state index contributed by atoms with van der Waals surface area (Å²) < 4.78 is 7.51. The first-order chi connectivity index (χ1) is 19.0. The smallest absolute Gasteiger partial charge is 0.323 e. The number of carbonyl (C=O) groups is 2. The predicted molar refractivity (Wildman–Crippen MR) is 155 cm³/mol. The molecule has 0 amide bonds. The van der Waals surface area contributed by atoms with Crippen molar-refractivity contribution >= 4 is 35.0 Å². The summed E-state index contributed by atoms with van der Waals surface area (Å²) >= 11 is 0. The second-order valence-corrected chi connectivity index (χ2v) is 9.71. The van der Waals surface area contributed by atoms with Crippen molar-refractivity contribution in [2.75, 3.05) is 6.61 Å². The van der Waals surface area contributed by atoms with Crippen LogP contribution in [0.2, 0.25) is 0 Å². The molecular weight excluding hydrogens is 490 g/mol. The Balaban J connectivity index is 1.36. The van der Waals surface area contributed by atoms with Crippen LogP contribution < -0.4 is 4.74 Å². The van der Waals surface area contributed by atoms with E-state index in [1.807, 2.05) is 66.9 Å². The van der Waals surface area contributed by atoms with Crippen molar-refractivity contribution in [3.63, 3.8) is 0 Å². The number of fused-ring (bicyclic) bond motifs is 1. The molecule has 1 aromatic heterocycles. The van der Waals surface area contributed by atoms with Gasteiger partial charge in [-0.15, -0.1) is 0 Å². The molecule has 39 heavy (non-hydrogen) atoms. The molecule has 0 saturated heterocycles. The molecule has 0 aliphatic carbocycles. The molecule has 0 atom stereocenters. The topological polar surface area (TPSA) is 88.8 Å². The van der Waals surface area contributed by atoms with Gasteiger partial charge in [0.25, 0.3) is 0 Å². The van der Waals surface area contributed by atoms with E-state index >= 15 is 0 Å². The normalized spacial score (nSPS) is 11.3. The average Bonchev–Trinajstić information content (AvgIpc) is 3.27. The number of carboxylic acid groups (broad SMARTS) is 2. The van der Waals surface area contributed by atoms with Crippen LogP contribution in [0.25, 0.3) is 23.1 Å². The van der Waals surface area contributed by atoms with Gasteiger partial charge in [0.2, 0.25) is 0 Å². The number of hydrogen-bond donors (Lipinski definition) is 2. The van der Waals surface area contributed by atoms with Crippen LogP contribution in [0.3, 0.4) is 0 Å². The SMILES string of the molecule is O=C(O)CCCc1cn(CC(=O)O)c2c(C=Cc3ccc(CCCCCOc4ccccc4)cc3)cccc12. The minimum atomic E-state index is -0.915. The largest absolute Gasteiger partial charge is 0.494 e. The van der Waals surface area contributed by atoms with E-state index in [-0.39, 0.29) is 13.0 Å². The summed E-state index contributed by atoms with van der Waals surface area (Å²) in [5.74, 6) is -0.821. The highest BCUT2D eigenvalue weighted by atomic mass is 16.5. The maximum absolute atomic E-state index is 11.5. The maximum atomic E-state index is 11.5. The van der Waals surface area contributed by atoms with E-state index in [1.165, 1.54) is 5.56 Å². The summed E-state index contributed by atoms with van der Waals surface area (Å²) in [6.07, 6.45) is 11.4. The standard InChI is InChI=1S/C33H35NO5/c35-31(36)15-8-11-28-23-34(24-32(37)38)33-27(10-7-14-30(28)33)21-20-26-18-16-25(17-19-26)9-3-2-6-22-39-29-12-4-1-5-13-29/h1,4-5,7,10,12-14,16-21,23H,2-3,6,8-9,11,15,22,24H2,(H,35,36)(H,37,38). The van der Waals surface area contributed by atoms with Gasteiger partial charge in [0.1, 0.15) is 12.3 Å². The van der Waals surface area contributed by atoms with Crippen molar-refractivity contribution in [1.82, 2.24) is 4.57 Å². The molecular formula is C33H35NO5. The van der Waals surface area contributed by atoms with Crippen LogP contribution in [0.1, 0.15) is 54.4 Å². The lowest BCUT2D eigenvalue weighted by Crippen LogP contribution is -2.07. The Bertz CT molecular complexity index is 1400. The molecule has 6 nitrogen and oxygen atoms in total. The number of para-hydroxylation sites is 2. The van der Waals surface area contributed by atoms with Crippen LogP contribution in [-0.4, -0.2) is 33.3 Å².